The molecule has 0 N–H and O–H groups in total. The summed E-state index contributed by atoms with van der Waals surface area (Å²) in [5, 5.41) is 0.540. The van der Waals surface area contributed by atoms with Crippen LogP contribution in [0.2, 0.25) is 5.02 Å². The van der Waals surface area contributed by atoms with Crippen LogP contribution in [0.25, 0.3) is 0 Å². The van der Waals surface area contributed by atoms with E-state index in [0.29, 0.717) is 16.3 Å². The highest BCUT2D eigenvalue weighted by molar-refractivity contribution is 6.33. The Morgan fingerprint density at radius 3 is 2.16 bits per heavy atom. The maximum absolute atomic E-state index is 12.4. The smallest absolute Gasteiger partial charge is 0.256 e. The van der Waals surface area contributed by atoms with Crippen LogP contribution < -0.4 is 0 Å². The van der Waals surface area contributed by atoms with Crippen LogP contribution in [0.3, 0.4) is 0 Å². The van der Waals surface area contributed by atoms with E-state index in [1.165, 1.54) is 18.3 Å². The Kier molecular flexibility index (Phi) is 3.90. The molecule has 2 aromatic carbocycles. The minimum absolute atomic E-state index is 0.438. The highest BCUT2D eigenvalue weighted by Crippen LogP contribution is 2.30. The number of hydrogen-bond donors (Lipinski definition) is 0. The van der Waals surface area contributed by atoms with Gasteiger partial charge in [0.2, 0.25) is 0 Å². The average molecular weight is 284 g/mol. The van der Waals surface area contributed by atoms with Gasteiger partial charge in [0.05, 0.1) is 11.3 Å². The summed E-state index contributed by atoms with van der Waals surface area (Å²) >= 11 is 5.94. The van der Waals surface area contributed by atoms with Gasteiger partial charge < -0.3 is 0 Å². The first-order chi connectivity index (χ1) is 8.97. The molecule has 1 nitrogen and oxygen atoms in total. The van der Waals surface area contributed by atoms with Crippen molar-refractivity contribution < 1.29 is 13.2 Å². The van der Waals surface area contributed by atoms with E-state index in [9.17, 15) is 13.2 Å². The van der Waals surface area contributed by atoms with Crippen molar-refractivity contribution in [3.8, 4) is 0 Å². The lowest BCUT2D eigenvalue weighted by atomic mass is 10.2. The molecule has 0 spiro atoms. The van der Waals surface area contributed by atoms with Crippen molar-refractivity contribution in [1.82, 2.24) is 0 Å². The maximum Gasteiger partial charge on any atom is 0.416 e. The van der Waals surface area contributed by atoms with E-state index in [-0.39, 0.29) is 0 Å². The van der Waals surface area contributed by atoms with Gasteiger partial charge in [0.1, 0.15) is 0 Å². The number of halogens is 4. The zero-order chi connectivity index (χ0) is 13.9. The summed E-state index contributed by atoms with van der Waals surface area (Å²) in [6.07, 6.45) is -2.81. The minimum Gasteiger partial charge on any atom is -0.256 e. The second-order valence-corrected chi connectivity index (χ2v) is 4.23. The van der Waals surface area contributed by atoms with E-state index >= 15 is 0 Å². The zero-order valence-corrected chi connectivity index (χ0v) is 10.4. The van der Waals surface area contributed by atoms with Gasteiger partial charge in [0.15, 0.2) is 0 Å². The first-order valence-electron chi connectivity index (χ1n) is 5.43. The van der Waals surface area contributed by atoms with Crippen LogP contribution in [-0.4, -0.2) is 6.21 Å². The van der Waals surface area contributed by atoms with Crippen molar-refractivity contribution in [2.75, 3.05) is 0 Å². The molecular weight excluding hydrogens is 275 g/mol. The number of rotatable bonds is 2. The summed E-state index contributed by atoms with van der Waals surface area (Å²) < 4.78 is 37.1. The van der Waals surface area contributed by atoms with Gasteiger partial charge in [-0.3, -0.25) is 4.99 Å². The predicted octanol–water partition coefficient (Wildman–Crippen LogP) is 5.11. The third kappa shape index (κ3) is 3.58. The fourth-order valence-corrected chi connectivity index (χ4v) is 1.64. The number of alkyl halides is 3. The van der Waals surface area contributed by atoms with Gasteiger partial charge >= 0.3 is 6.18 Å². The van der Waals surface area contributed by atoms with Crippen LogP contribution in [0, 0.1) is 0 Å². The fraction of sp³-hybridized carbons (Fsp3) is 0.0714. The first kappa shape index (κ1) is 13.6. The second-order valence-electron chi connectivity index (χ2n) is 3.82. The standard InChI is InChI=1S/C14H9ClF3N/c15-13-4-2-1-3-10(13)9-19-12-7-5-11(6-8-12)14(16,17)18/h1-9H. The second kappa shape index (κ2) is 5.45. The Bertz CT molecular complexity index is 588. The van der Waals surface area contributed by atoms with Gasteiger partial charge in [-0.25, -0.2) is 0 Å². The molecule has 0 atom stereocenters. The first-order valence-corrected chi connectivity index (χ1v) is 5.80. The fourth-order valence-electron chi connectivity index (χ4n) is 1.46. The van der Waals surface area contributed by atoms with Crippen molar-refractivity contribution in [2.45, 2.75) is 6.18 Å². The van der Waals surface area contributed by atoms with Crippen molar-refractivity contribution in [2.24, 2.45) is 4.99 Å². The van der Waals surface area contributed by atoms with E-state index in [1.807, 2.05) is 0 Å². The molecule has 19 heavy (non-hydrogen) atoms. The molecule has 0 saturated carbocycles. The van der Waals surface area contributed by atoms with Gasteiger partial charge in [-0.15, -0.1) is 0 Å². The summed E-state index contributed by atoms with van der Waals surface area (Å²) in [6.45, 7) is 0. The van der Waals surface area contributed by atoms with Crippen LogP contribution in [-0.2, 0) is 6.18 Å². The summed E-state index contributed by atoms with van der Waals surface area (Å²) in [5.74, 6) is 0. The Morgan fingerprint density at radius 2 is 1.58 bits per heavy atom. The summed E-state index contributed by atoms with van der Waals surface area (Å²) in [7, 11) is 0. The Hall–Kier alpha value is -1.81. The molecule has 0 fully saturated rings. The van der Waals surface area contributed by atoms with E-state index in [0.717, 1.165) is 12.1 Å². The largest absolute Gasteiger partial charge is 0.416 e. The molecule has 0 bridgehead atoms. The van der Waals surface area contributed by atoms with Crippen molar-refractivity contribution >= 4 is 23.5 Å². The van der Waals surface area contributed by atoms with Crippen LogP contribution in [0.5, 0.6) is 0 Å². The van der Waals surface area contributed by atoms with Gasteiger partial charge in [0.25, 0.3) is 0 Å². The highest BCUT2D eigenvalue weighted by Gasteiger charge is 2.29. The molecule has 2 rings (SSSR count). The van der Waals surface area contributed by atoms with Gasteiger partial charge in [-0.2, -0.15) is 13.2 Å². The normalized spacial score (nSPS) is 12.0. The van der Waals surface area contributed by atoms with Gasteiger partial charge in [0, 0.05) is 16.8 Å². The van der Waals surface area contributed by atoms with E-state index in [4.69, 9.17) is 11.6 Å². The predicted molar refractivity (Wildman–Crippen MR) is 70.2 cm³/mol. The number of nitrogens with zero attached hydrogens (tertiary/aromatic N) is 1. The van der Waals surface area contributed by atoms with Gasteiger partial charge in [-0.1, -0.05) is 29.8 Å². The third-order valence-electron chi connectivity index (χ3n) is 2.45. The third-order valence-corrected chi connectivity index (χ3v) is 2.80. The molecule has 0 radical (unpaired) electrons. The Balaban J connectivity index is 2.19. The van der Waals surface area contributed by atoms with Crippen LogP contribution in [0.15, 0.2) is 53.5 Å². The molecule has 0 aliphatic heterocycles. The maximum atomic E-state index is 12.4. The summed E-state index contributed by atoms with van der Waals surface area (Å²) in [4.78, 5) is 4.08. The lowest BCUT2D eigenvalue weighted by Gasteiger charge is -2.05. The van der Waals surface area contributed by atoms with Crippen molar-refractivity contribution in [3.05, 3.63) is 64.7 Å². The summed E-state index contributed by atoms with van der Waals surface area (Å²) in [6, 6.07) is 11.7. The average Bonchev–Trinajstić information content (AvgIpc) is 2.37. The molecule has 0 heterocycles. The molecule has 0 aliphatic carbocycles. The van der Waals surface area contributed by atoms with Gasteiger partial charge in [-0.05, 0) is 30.3 Å². The van der Waals surface area contributed by atoms with Crippen LogP contribution in [0.1, 0.15) is 11.1 Å². The number of benzene rings is 2. The molecule has 0 aromatic heterocycles. The highest BCUT2D eigenvalue weighted by atomic mass is 35.5. The topological polar surface area (TPSA) is 12.4 Å². The lowest BCUT2D eigenvalue weighted by molar-refractivity contribution is -0.137. The Labute approximate surface area is 113 Å². The monoisotopic (exact) mass is 283 g/mol. The van der Waals surface area contributed by atoms with E-state index in [2.05, 4.69) is 4.99 Å². The van der Waals surface area contributed by atoms with Crippen LogP contribution >= 0.6 is 11.6 Å². The number of hydrogen-bond acceptors (Lipinski definition) is 1. The van der Waals surface area contributed by atoms with Crippen molar-refractivity contribution in [3.63, 3.8) is 0 Å². The molecular formula is C14H9ClF3N. The molecule has 98 valence electrons. The number of aliphatic imine (C=N–C) groups is 1. The molecule has 0 aliphatic rings. The van der Waals surface area contributed by atoms with Crippen molar-refractivity contribution in [1.29, 1.82) is 0 Å². The quantitative estimate of drug-likeness (QED) is 0.679. The zero-order valence-electron chi connectivity index (χ0n) is 9.66. The minimum atomic E-state index is -4.33. The SMILES string of the molecule is FC(F)(F)c1ccc(N=Cc2ccccc2Cl)cc1. The molecule has 0 saturated heterocycles. The summed E-state index contributed by atoms with van der Waals surface area (Å²) in [5.41, 5.74) is 0.459. The molecule has 2 aromatic rings. The Morgan fingerprint density at radius 1 is 0.947 bits per heavy atom. The molecule has 0 amide bonds. The van der Waals surface area contributed by atoms with Crippen LogP contribution in [0.4, 0.5) is 18.9 Å². The molecule has 0 unspecified atom stereocenters. The van der Waals surface area contributed by atoms with E-state index in [1.54, 1.807) is 24.3 Å². The lowest BCUT2D eigenvalue weighted by Crippen LogP contribution is -2.03. The molecule has 5 heteroatoms. The van der Waals surface area contributed by atoms with E-state index < -0.39 is 11.7 Å².